The molecule has 0 aromatic carbocycles. The van der Waals surface area contributed by atoms with Crippen molar-refractivity contribution in [2.24, 2.45) is 0 Å². The number of hydrogen-bond acceptors (Lipinski definition) is 1. The molecule has 0 bridgehead atoms. The molecule has 0 spiro atoms. The van der Waals surface area contributed by atoms with Gasteiger partial charge in [0.05, 0.1) is 0 Å². The second kappa shape index (κ2) is 4.95. The molecule has 0 saturated carbocycles. The van der Waals surface area contributed by atoms with Gasteiger partial charge in [0.15, 0.2) is 7.98 Å². The Hall–Kier alpha value is 0.947. The minimum Gasteiger partial charge on any atom is -0.359 e. The van der Waals surface area contributed by atoms with E-state index in [1.165, 1.54) is 4.81 Å². The van der Waals surface area contributed by atoms with Gasteiger partial charge in [-0.05, 0) is 14.1 Å². The Bertz CT molecular complexity index is 14.4. The topological polar surface area (TPSA) is 3.24 Å². The molecule has 0 aromatic heterocycles. The summed E-state index contributed by atoms with van der Waals surface area (Å²) in [5, 5.41) is 0. The largest absolute Gasteiger partial charge is 0.359 e. The van der Waals surface area contributed by atoms with E-state index in [4.69, 9.17) is 7.98 Å². The van der Waals surface area contributed by atoms with Crippen molar-refractivity contribution >= 4 is 35.3 Å². The van der Waals surface area contributed by atoms with Gasteiger partial charge in [0.2, 0.25) is 0 Å². The van der Waals surface area contributed by atoms with Crippen LogP contribution < -0.4 is 0 Å². The molecule has 0 rings (SSSR count). The first-order chi connectivity index (χ1) is 1.73. The third-order valence-corrected chi connectivity index (χ3v) is 0. The van der Waals surface area contributed by atoms with Crippen LogP contribution in [0.5, 0.6) is 0 Å². The van der Waals surface area contributed by atoms with Crippen molar-refractivity contribution in [1.82, 2.24) is 4.81 Å². The standard InChI is InChI=1S/C2H6BN.Pb/c1-4(2)3;/h1-2H3;. The fraction of sp³-hybridized carbons (Fsp3) is 1.00. The molecule has 0 atom stereocenters. The fourth-order valence-corrected chi connectivity index (χ4v) is 0. The minimum atomic E-state index is 0. The zero-order chi connectivity index (χ0) is 3.58. The van der Waals surface area contributed by atoms with E-state index in [1.807, 2.05) is 0 Å². The van der Waals surface area contributed by atoms with E-state index in [0.29, 0.717) is 0 Å². The van der Waals surface area contributed by atoms with Crippen molar-refractivity contribution < 1.29 is 0 Å². The molecule has 0 amide bonds. The summed E-state index contributed by atoms with van der Waals surface area (Å²) in [7, 11) is 8.50. The number of rotatable bonds is 0. The van der Waals surface area contributed by atoms with E-state index in [-0.39, 0.29) is 27.3 Å². The summed E-state index contributed by atoms with van der Waals surface area (Å²) in [5.41, 5.74) is 0. The summed E-state index contributed by atoms with van der Waals surface area (Å²) in [6.07, 6.45) is 0. The van der Waals surface area contributed by atoms with E-state index in [2.05, 4.69) is 0 Å². The molecule has 0 N–H and O–H groups in total. The summed E-state index contributed by atoms with van der Waals surface area (Å²) in [6.45, 7) is 0. The van der Waals surface area contributed by atoms with E-state index in [1.54, 1.807) is 14.1 Å². The molecule has 0 aromatic rings. The van der Waals surface area contributed by atoms with Crippen molar-refractivity contribution in [3.8, 4) is 0 Å². The molecular formula is C2H6BNPb. The average molecular weight is 262 g/mol. The first kappa shape index (κ1) is 9.34. The van der Waals surface area contributed by atoms with Crippen molar-refractivity contribution in [3.63, 3.8) is 0 Å². The van der Waals surface area contributed by atoms with Crippen LogP contribution in [0.3, 0.4) is 0 Å². The van der Waals surface area contributed by atoms with Crippen LogP contribution in [0.4, 0.5) is 0 Å². The Morgan fingerprint density at radius 2 is 1.40 bits per heavy atom. The molecule has 3 heteroatoms. The number of nitrogens with zero attached hydrogens (tertiary/aromatic N) is 1. The van der Waals surface area contributed by atoms with Gasteiger partial charge in [0, 0.05) is 27.3 Å². The van der Waals surface area contributed by atoms with E-state index < -0.39 is 0 Å². The average Bonchev–Trinajstić information content (AvgIpc) is 0.811. The fourth-order valence-electron chi connectivity index (χ4n) is 0. The maximum Gasteiger partial charge on any atom is 0.181 e. The Balaban J connectivity index is 0. The summed E-state index contributed by atoms with van der Waals surface area (Å²) in [6, 6.07) is 0. The predicted octanol–water partition coefficient (Wildman–Crippen LogP) is -0.749. The number of hydrogen-bond donors (Lipinski definition) is 0. The Morgan fingerprint density at radius 1 is 1.40 bits per heavy atom. The Kier molecular flexibility index (Phi) is 9.24. The normalized spacial score (nSPS) is 7.00. The molecule has 6 radical (unpaired) electrons. The molecule has 0 aliphatic heterocycles. The van der Waals surface area contributed by atoms with Crippen molar-refractivity contribution in [2.45, 2.75) is 0 Å². The van der Waals surface area contributed by atoms with Crippen LogP contribution >= 0.6 is 0 Å². The SMILES string of the molecule is [B]N(C)C.[Pb]. The first-order valence-electron chi connectivity index (χ1n) is 1.15. The van der Waals surface area contributed by atoms with Gasteiger partial charge in [0.25, 0.3) is 0 Å². The smallest absolute Gasteiger partial charge is 0.181 e. The van der Waals surface area contributed by atoms with Crippen LogP contribution in [0.25, 0.3) is 0 Å². The van der Waals surface area contributed by atoms with Crippen LogP contribution in [-0.4, -0.2) is 54.2 Å². The summed E-state index contributed by atoms with van der Waals surface area (Å²) < 4.78 is 0. The predicted molar refractivity (Wildman–Crippen MR) is 25.2 cm³/mol. The maximum atomic E-state index is 4.94. The quantitative estimate of drug-likeness (QED) is 0.519. The summed E-state index contributed by atoms with van der Waals surface area (Å²) in [4.78, 5) is 1.50. The molecule has 0 fully saturated rings. The van der Waals surface area contributed by atoms with Crippen molar-refractivity contribution in [3.05, 3.63) is 0 Å². The zero-order valence-corrected chi connectivity index (χ0v) is 7.41. The van der Waals surface area contributed by atoms with Crippen LogP contribution in [0.1, 0.15) is 0 Å². The van der Waals surface area contributed by atoms with E-state index in [0.717, 1.165) is 0 Å². The van der Waals surface area contributed by atoms with Crippen LogP contribution in [-0.2, 0) is 0 Å². The monoisotopic (exact) mass is 263 g/mol. The molecule has 0 aliphatic rings. The maximum absolute atomic E-state index is 4.94. The molecule has 5 heavy (non-hydrogen) atoms. The summed E-state index contributed by atoms with van der Waals surface area (Å²) in [5.74, 6) is 0. The van der Waals surface area contributed by atoms with Crippen molar-refractivity contribution in [2.75, 3.05) is 14.1 Å². The van der Waals surface area contributed by atoms with Gasteiger partial charge < -0.3 is 4.81 Å². The molecule has 26 valence electrons. The zero-order valence-electron chi connectivity index (χ0n) is 3.52. The van der Waals surface area contributed by atoms with Crippen molar-refractivity contribution in [1.29, 1.82) is 0 Å². The Labute approximate surface area is 54.3 Å². The third-order valence-electron chi connectivity index (χ3n) is 0. The first-order valence-corrected chi connectivity index (χ1v) is 1.15. The molecule has 0 aliphatic carbocycles. The Morgan fingerprint density at radius 3 is 1.40 bits per heavy atom. The van der Waals surface area contributed by atoms with Crippen LogP contribution in [0.2, 0.25) is 0 Å². The van der Waals surface area contributed by atoms with Gasteiger partial charge in [-0.25, -0.2) is 0 Å². The molecule has 0 unspecified atom stereocenters. The molecule has 0 saturated heterocycles. The van der Waals surface area contributed by atoms with Crippen LogP contribution in [0.15, 0.2) is 0 Å². The third kappa shape index (κ3) is 47.9. The van der Waals surface area contributed by atoms with Gasteiger partial charge in [-0.1, -0.05) is 0 Å². The van der Waals surface area contributed by atoms with E-state index in [9.17, 15) is 0 Å². The second-order valence-corrected chi connectivity index (χ2v) is 0.964. The van der Waals surface area contributed by atoms with Gasteiger partial charge >= 0.3 is 0 Å². The second-order valence-electron chi connectivity index (χ2n) is 0.964. The summed E-state index contributed by atoms with van der Waals surface area (Å²) >= 11 is 0. The minimum absolute atomic E-state index is 0. The molecule has 1 nitrogen and oxygen atoms in total. The van der Waals surface area contributed by atoms with Gasteiger partial charge in [-0.15, -0.1) is 0 Å². The van der Waals surface area contributed by atoms with Gasteiger partial charge in [-0.3, -0.25) is 0 Å². The van der Waals surface area contributed by atoms with Gasteiger partial charge in [0.1, 0.15) is 0 Å². The van der Waals surface area contributed by atoms with Crippen LogP contribution in [0, 0.1) is 0 Å². The molecule has 0 heterocycles. The van der Waals surface area contributed by atoms with E-state index >= 15 is 0 Å². The molecular weight excluding hydrogens is 256 g/mol. The van der Waals surface area contributed by atoms with Gasteiger partial charge in [-0.2, -0.15) is 0 Å².